The molecule has 0 spiro atoms. The lowest BCUT2D eigenvalue weighted by atomic mass is 10.2. The molecule has 0 aliphatic heterocycles. The molecule has 0 saturated carbocycles. The number of carbonyl (C=O) groups is 1. The number of halogens is 2. The molecule has 0 aliphatic rings. The fourth-order valence-electron chi connectivity index (χ4n) is 1.65. The number of aromatic carboxylic acids is 1. The van der Waals surface area contributed by atoms with E-state index in [1.807, 2.05) is 18.2 Å². The first kappa shape index (κ1) is 14.4. The average molecular weight is 361 g/mol. The van der Waals surface area contributed by atoms with Gasteiger partial charge in [0.2, 0.25) is 0 Å². The first-order chi connectivity index (χ1) is 9.06. The van der Waals surface area contributed by atoms with Gasteiger partial charge in [-0.2, -0.15) is 0 Å². The van der Waals surface area contributed by atoms with Crippen LogP contribution in [0.5, 0.6) is 0 Å². The van der Waals surface area contributed by atoms with Crippen LogP contribution in [0.1, 0.15) is 15.2 Å². The maximum Gasteiger partial charge on any atom is 0.337 e. The van der Waals surface area contributed by atoms with Gasteiger partial charge in [0.15, 0.2) is 0 Å². The van der Waals surface area contributed by atoms with Gasteiger partial charge in [-0.3, -0.25) is 0 Å². The third kappa shape index (κ3) is 3.96. The first-order valence-corrected chi connectivity index (χ1v) is 7.56. The minimum Gasteiger partial charge on any atom is -0.478 e. The van der Waals surface area contributed by atoms with Gasteiger partial charge in [-0.25, -0.2) is 4.79 Å². The topological polar surface area (TPSA) is 49.3 Å². The molecule has 0 atom stereocenters. The Labute approximate surface area is 128 Å². The van der Waals surface area contributed by atoms with Gasteiger partial charge in [0, 0.05) is 21.6 Å². The van der Waals surface area contributed by atoms with Gasteiger partial charge in [0.05, 0.1) is 9.90 Å². The molecule has 0 saturated heterocycles. The molecular weight excluding hydrogens is 350 g/mol. The van der Waals surface area contributed by atoms with Crippen LogP contribution in [0, 0.1) is 0 Å². The summed E-state index contributed by atoms with van der Waals surface area (Å²) >= 11 is 10.7. The summed E-state index contributed by atoms with van der Waals surface area (Å²) in [6.07, 6.45) is 0.812. The highest BCUT2D eigenvalue weighted by molar-refractivity contribution is 9.10. The number of carboxylic acid groups (broad SMARTS) is 1. The van der Waals surface area contributed by atoms with Gasteiger partial charge in [-0.1, -0.05) is 27.5 Å². The summed E-state index contributed by atoms with van der Waals surface area (Å²) in [6, 6.07) is 9.01. The van der Waals surface area contributed by atoms with Crippen LogP contribution in [-0.2, 0) is 6.42 Å². The number of hydrogen-bond acceptors (Lipinski definition) is 3. The van der Waals surface area contributed by atoms with Gasteiger partial charge >= 0.3 is 5.97 Å². The number of benzene rings is 1. The van der Waals surface area contributed by atoms with Crippen LogP contribution >= 0.6 is 38.9 Å². The van der Waals surface area contributed by atoms with Gasteiger partial charge in [0.25, 0.3) is 0 Å². The van der Waals surface area contributed by atoms with Crippen LogP contribution in [0.25, 0.3) is 0 Å². The zero-order chi connectivity index (χ0) is 13.8. The molecule has 1 heterocycles. The summed E-state index contributed by atoms with van der Waals surface area (Å²) in [5.74, 6) is -0.942. The normalized spacial score (nSPS) is 10.4. The molecule has 0 aliphatic carbocycles. The number of nitrogens with one attached hydrogen (secondary N) is 1. The Morgan fingerprint density at radius 3 is 2.79 bits per heavy atom. The molecule has 100 valence electrons. The molecule has 0 amide bonds. The SMILES string of the molecule is O=C(O)c1cc(Br)ccc1NCCc1ccc(Cl)s1. The van der Waals surface area contributed by atoms with Crippen molar-refractivity contribution in [3.05, 3.63) is 49.6 Å². The van der Waals surface area contributed by atoms with Crippen LogP contribution in [-0.4, -0.2) is 17.6 Å². The van der Waals surface area contributed by atoms with E-state index in [-0.39, 0.29) is 5.56 Å². The van der Waals surface area contributed by atoms with E-state index < -0.39 is 5.97 Å². The summed E-state index contributed by atoms with van der Waals surface area (Å²) in [5, 5.41) is 12.3. The monoisotopic (exact) mass is 359 g/mol. The van der Waals surface area contributed by atoms with Crippen molar-refractivity contribution in [1.29, 1.82) is 0 Å². The second kappa shape index (κ2) is 6.41. The van der Waals surface area contributed by atoms with E-state index in [0.717, 1.165) is 15.2 Å². The van der Waals surface area contributed by atoms with Crippen molar-refractivity contribution in [1.82, 2.24) is 0 Å². The lowest BCUT2D eigenvalue weighted by Crippen LogP contribution is -2.09. The predicted octanol–water partition coefficient (Wildman–Crippen LogP) is 4.52. The van der Waals surface area contributed by atoms with Crippen molar-refractivity contribution in [2.45, 2.75) is 6.42 Å². The van der Waals surface area contributed by atoms with Crippen LogP contribution in [0.15, 0.2) is 34.8 Å². The van der Waals surface area contributed by atoms with Crippen molar-refractivity contribution < 1.29 is 9.90 Å². The van der Waals surface area contributed by atoms with Crippen molar-refractivity contribution in [2.24, 2.45) is 0 Å². The molecule has 3 nitrogen and oxygen atoms in total. The Hall–Kier alpha value is -1.04. The highest BCUT2D eigenvalue weighted by Crippen LogP contribution is 2.23. The van der Waals surface area contributed by atoms with Crippen molar-refractivity contribution in [2.75, 3.05) is 11.9 Å². The second-order valence-corrected chi connectivity index (χ2v) is 6.59. The zero-order valence-electron chi connectivity index (χ0n) is 9.82. The minimum atomic E-state index is -0.942. The lowest BCUT2D eigenvalue weighted by molar-refractivity contribution is 0.0698. The van der Waals surface area contributed by atoms with E-state index in [1.54, 1.807) is 12.1 Å². The quantitative estimate of drug-likeness (QED) is 0.824. The zero-order valence-corrected chi connectivity index (χ0v) is 13.0. The second-order valence-electron chi connectivity index (χ2n) is 3.88. The molecule has 2 N–H and O–H groups in total. The molecule has 6 heteroatoms. The molecule has 0 radical (unpaired) electrons. The first-order valence-electron chi connectivity index (χ1n) is 5.57. The smallest absolute Gasteiger partial charge is 0.337 e. The molecule has 1 aromatic carbocycles. The van der Waals surface area contributed by atoms with Crippen LogP contribution < -0.4 is 5.32 Å². The van der Waals surface area contributed by atoms with E-state index in [1.165, 1.54) is 16.2 Å². The maximum atomic E-state index is 11.1. The maximum absolute atomic E-state index is 11.1. The minimum absolute atomic E-state index is 0.263. The average Bonchev–Trinajstić information content (AvgIpc) is 2.77. The van der Waals surface area contributed by atoms with E-state index in [4.69, 9.17) is 16.7 Å². The van der Waals surface area contributed by atoms with Gasteiger partial charge in [-0.05, 0) is 36.8 Å². The summed E-state index contributed by atoms with van der Waals surface area (Å²) in [6.45, 7) is 0.665. The Morgan fingerprint density at radius 1 is 1.37 bits per heavy atom. The van der Waals surface area contributed by atoms with Crippen molar-refractivity contribution in [3.63, 3.8) is 0 Å². The molecule has 0 fully saturated rings. The number of carboxylic acids is 1. The number of anilines is 1. The molecule has 2 aromatic rings. The largest absolute Gasteiger partial charge is 0.478 e. The summed E-state index contributed by atoms with van der Waals surface area (Å²) in [5.41, 5.74) is 0.886. The third-order valence-electron chi connectivity index (χ3n) is 2.53. The fourth-order valence-corrected chi connectivity index (χ4v) is 3.10. The molecule has 0 unspecified atom stereocenters. The van der Waals surface area contributed by atoms with E-state index >= 15 is 0 Å². The third-order valence-corrected chi connectivity index (χ3v) is 4.31. The van der Waals surface area contributed by atoms with E-state index in [9.17, 15) is 4.79 Å². The molecule has 0 bridgehead atoms. The number of hydrogen-bond donors (Lipinski definition) is 2. The van der Waals surface area contributed by atoms with Gasteiger partial charge in [0.1, 0.15) is 0 Å². The highest BCUT2D eigenvalue weighted by atomic mass is 79.9. The van der Waals surface area contributed by atoms with E-state index in [2.05, 4.69) is 21.2 Å². The van der Waals surface area contributed by atoms with Gasteiger partial charge in [-0.15, -0.1) is 11.3 Å². The standard InChI is InChI=1S/C13H11BrClNO2S/c14-8-1-3-11(10(7-8)13(17)18)16-6-5-9-2-4-12(15)19-9/h1-4,7,16H,5-6H2,(H,17,18). The summed E-state index contributed by atoms with van der Waals surface area (Å²) in [7, 11) is 0. The Kier molecular flexibility index (Phi) is 4.85. The number of thiophene rings is 1. The molecule has 2 rings (SSSR count). The van der Waals surface area contributed by atoms with E-state index in [0.29, 0.717) is 12.2 Å². The highest BCUT2D eigenvalue weighted by Gasteiger charge is 2.10. The Bertz CT molecular complexity index is 600. The predicted molar refractivity (Wildman–Crippen MR) is 82.6 cm³/mol. The fraction of sp³-hybridized carbons (Fsp3) is 0.154. The molecular formula is C13H11BrClNO2S. The van der Waals surface area contributed by atoms with Crippen LogP contribution in [0.3, 0.4) is 0 Å². The summed E-state index contributed by atoms with van der Waals surface area (Å²) in [4.78, 5) is 12.3. The van der Waals surface area contributed by atoms with Crippen LogP contribution in [0.2, 0.25) is 4.34 Å². The summed E-state index contributed by atoms with van der Waals surface area (Å²) < 4.78 is 1.52. The molecule has 1 aromatic heterocycles. The molecule has 19 heavy (non-hydrogen) atoms. The Morgan fingerprint density at radius 2 is 2.16 bits per heavy atom. The van der Waals surface area contributed by atoms with Crippen LogP contribution in [0.4, 0.5) is 5.69 Å². The van der Waals surface area contributed by atoms with Crippen molar-refractivity contribution in [3.8, 4) is 0 Å². The van der Waals surface area contributed by atoms with Crippen molar-refractivity contribution >= 4 is 50.5 Å². The number of rotatable bonds is 5. The van der Waals surface area contributed by atoms with Gasteiger partial charge < -0.3 is 10.4 Å². The Balaban J connectivity index is 2.01. The lowest BCUT2D eigenvalue weighted by Gasteiger charge is -2.09.